The SMILES string of the molecule is CC(C)N1CCC(N2CC3CNCC3C2)CC1. The molecule has 2 atom stereocenters. The van der Waals surface area contributed by atoms with Crippen LogP contribution in [-0.2, 0) is 0 Å². The highest BCUT2D eigenvalue weighted by Crippen LogP contribution is 2.30. The lowest BCUT2D eigenvalue weighted by Crippen LogP contribution is -2.46. The van der Waals surface area contributed by atoms with E-state index >= 15 is 0 Å². The van der Waals surface area contributed by atoms with Crippen molar-refractivity contribution in [3.8, 4) is 0 Å². The molecule has 0 bridgehead atoms. The molecule has 3 aliphatic heterocycles. The molecule has 17 heavy (non-hydrogen) atoms. The van der Waals surface area contributed by atoms with Gasteiger partial charge in [0.05, 0.1) is 0 Å². The average Bonchev–Trinajstić information content (AvgIpc) is 2.89. The van der Waals surface area contributed by atoms with Gasteiger partial charge in [0.2, 0.25) is 0 Å². The molecule has 0 amide bonds. The third-order valence-electron chi connectivity index (χ3n) is 5.16. The molecule has 3 aliphatic rings. The second kappa shape index (κ2) is 4.87. The Bertz CT molecular complexity index is 246. The van der Waals surface area contributed by atoms with Crippen molar-refractivity contribution in [2.45, 2.75) is 38.8 Å². The van der Waals surface area contributed by atoms with Crippen LogP contribution < -0.4 is 5.32 Å². The maximum absolute atomic E-state index is 3.53. The number of piperidine rings is 1. The topological polar surface area (TPSA) is 18.5 Å². The molecule has 3 nitrogen and oxygen atoms in total. The minimum atomic E-state index is 0.734. The van der Waals surface area contributed by atoms with Gasteiger partial charge in [-0.1, -0.05) is 0 Å². The fraction of sp³-hybridized carbons (Fsp3) is 1.00. The van der Waals surface area contributed by atoms with E-state index in [-0.39, 0.29) is 0 Å². The van der Waals surface area contributed by atoms with Gasteiger partial charge in [-0.3, -0.25) is 4.90 Å². The van der Waals surface area contributed by atoms with E-state index in [2.05, 4.69) is 29.0 Å². The second-order valence-corrected chi connectivity index (χ2v) is 6.49. The van der Waals surface area contributed by atoms with Crippen LogP contribution in [0.5, 0.6) is 0 Å². The Balaban J connectivity index is 1.51. The number of likely N-dealkylation sites (tertiary alicyclic amines) is 2. The summed E-state index contributed by atoms with van der Waals surface area (Å²) < 4.78 is 0. The number of nitrogens with zero attached hydrogens (tertiary/aromatic N) is 2. The van der Waals surface area contributed by atoms with Gasteiger partial charge in [0.25, 0.3) is 0 Å². The van der Waals surface area contributed by atoms with Crippen molar-refractivity contribution in [1.29, 1.82) is 0 Å². The highest BCUT2D eigenvalue weighted by molar-refractivity contribution is 4.94. The van der Waals surface area contributed by atoms with E-state index in [1.807, 2.05) is 0 Å². The van der Waals surface area contributed by atoms with Gasteiger partial charge in [0.15, 0.2) is 0 Å². The molecule has 98 valence electrons. The van der Waals surface area contributed by atoms with Crippen LogP contribution >= 0.6 is 0 Å². The lowest BCUT2D eigenvalue weighted by atomic mass is 10.0. The molecule has 3 saturated heterocycles. The summed E-state index contributed by atoms with van der Waals surface area (Å²) in [5.74, 6) is 1.91. The molecule has 2 unspecified atom stereocenters. The molecular formula is C14H27N3. The summed E-state index contributed by atoms with van der Waals surface area (Å²) in [4.78, 5) is 5.43. The Morgan fingerprint density at radius 3 is 2.12 bits per heavy atom. The molecule has 0 aromatic heterocycles. The van der Waals surface area contributed by atoms with Crippen molar-refractivity contribution in [2.75, 3.05) is 39.3 Å². The first-order chi connectivity index (χ1) is 8.24. The molecule has 0 saturated carbocycles. The summed E-state index contributed by atoms with van der Waals surface area (Å²) in [6.45, 7) is 12.5. The van der Waals surface area contributed by atoms with Gasteiger partial charge in [0.1, 0.15) is 0 Å². The predicted octanol–water partition coefficient (Wildman–Crippen LogP) is 1.01. The van der Waals surface area contributed by atoms with Crippen LogP contribution in [-0.4, -0.2) is 61.2 Å². The maximum Gasteiger partial charge on any atom is 0.0120 e. The van der Waals surface area contributed by atoms with Crippen molar-refractivity contribution < 1.29 is 0 Å². The number of hydrogen-bond donors (Lipinski definition) is 1. The molecule has 0 aromatic carbocycles. The molecule has 0 aliphatic carbocycles. The summed E-state index contributed by atoms with van der Waals surface area (Å²) in [6.07, 6.45) is 2.79. The molecule has 3 fully saturated rings. The molecule has 0 spiro atoms. The van der Waals surface area contributed by atoms with E-state index in [1.165, 1.54) is 52.1 Å². The fourth-order valence-corrected chi connectivity index (χ4v) is 3.96. The van der Waals surface area contributed by atoms with Gasteiger partial charge in [-0.25, -0.2) is 0 Å². The first-order valence-corrected chi connectivity index (χ1v) is 7.43. The van der Waals surface area contributed by atoms with Crippen LogP contribution in [0.15, 0.2) is 0 Å². The number of hydrogen-bond acceptors (Lipinski definition) is 3. The summed E-state index contributed by atoms with van der Waals surface area (Å²) in [5, 5.41) is 3.53. The Kier molecular flexibility index (Phi) is 3.42. The lowest BCUT2D eigenvalue weighted by molar-refractivity contribution is 0.102. The van der Waals surface area contributed by atoms with E-state index in [0.29, 0.717) is 0 Å². The fourth-order valence-electron chi connectivity index (χ4n) is 3.96. The van der Waals surface area contributed by atoms with E-state index in [9.17, 15) is 0 Å². The zero-order valence-corrected chi connectivity index (χ0v) is 11.4. The zero-order chi connectivity index (χ0) is 11.8. The third kappa shape index (κ3) is 2.38. The Hall–Kier alpha value is -0.120. The molecule has 1 N–H and O–H groups in total. The number of rotatable bonds is 2. The van der Waals surface area contributed by atoms with Crippen molar-refractivity contribution in [1.82, 2.24) is 15.1 Å². The van der Waals surface area contributed by atoms with Crippen molar-refractivity contribution in [2.24, 2.45) is 11.8 Å². The quantitative estimate of drug-likeness (QED) is 0.773. The van der Waals surface area contributed by atoms with Crippen molar-refractivity contribution in [3.63, 3.8) is 0 Å². The smallest absolute Gasteiger partial charge is 0.0120 e. The van der Waals surface area contributed by atoms with Gasteiger partial charge in [-0.2, -0.15) is 0 Å². The molecule has 0 radical (unpaired) electrons. The van der Waals surface area contributed by atoms with Gasteiger partial charge >= 0.3 is 0 Å². The maximum atomic E-state index is 3.53. The first-order valence-electron chi connectivity index (χ1n) is 7.43. The molecule has 0 aromatic rings. The summed E-state index contributed by atoms with van der Waals surface area (Å²) >= 11 is 0. The Morgan fingerprint density at radius 2 is 1.59 bits per heavy atom. The predicted molar refractivity (Wildman–Crippen MR) is 71.2 cm³/mol. The largest absolute Gasteiger partial charge is 0.316 e. The normalized spacial score (nSPS) is 36.9. The van der Waals surface area contributed by atoms with Crippen LogP contribution in [0.1, 0.15) is 26.7 Å². The van der Waals surface area contributed by atoms with E-state index in [1.54, 1.807) is 0 Å². The summed E-state index contributed by atoms with van der Waals surface area (Å²) in [5.41, 5.74) is 0. The highest BCUT2D eigenvalue weighted by atomic mass is 15.2. The van der Waals surface area contributed by atoms with Gasteiger partial charge in [-0.05, 0) is 64.7 Å². The zero-order valence-electron chi connectivity index (χ0n) is 11.4. The molecule has 3 heterocycles. The number of nitrogens with one attached hydrogen (secondary N) is 1. The minimum absolute atomic E-state index is 0.734. The first kappa shape index (κ1) is 11.9. The summed E-state index contributed by atoms with van der Waals surface area (Å²) in [6, 6.07) is 1.62. The van der Waals surface area contributed by atoms with E-state index in [4.69, 9.17) is 0 Å². The monoisotopic (exact) mass is 237 g/mol. The highest BCUT2D eigenvalue weighted by Gasteiger charge is 2.39. The van der Waals surface area contributed by atoms with Crippen LogP contribution in [0.2, 0.25) is 0 Å². The molecular weight excluding hydrogens is 210 g/mol. The van der Waals surface area contributed by atoms with Crippen LogP contribution in [0.3, 0.4) is 0 Å². The lowest BCUT2D eigenvalue weighted by Gasteiger charge is -2.38. The van der Waals surface area contributed by atoms with Crippen LogP contribution in [0.4, 0.5) is 0 Å². The standard InChI is InChI=1S/C14H27N3/c1-11(2)16-5-3-14(4-6-16)17-9-12-7-15-8-13(12)10-17/h11-15H,3-10H2,1-2H3. The second-order valence-electron chi connectivity index (χ2n) is 6.49. The average molecular weight is 237 g/mol. The van der Waals surface area contributed by atoms with Gasteiger partial charge < -0.3 is 10.2 Å². The van der Waals surface area contributed by atoms with Crippen LogP contribution in [0, 0.1) is 11.8 Å². The van der Waals surface area contributed by atoms with Crippen molar-refractivity contribution in [3.05, 3.63) is 0 Å². The van der Waals surface area contributed by atoms with Gasteiger partial charge in [0, 0.05) is 25.2 Å². The minimum Gasteiger partial charge on any atom is -0.316 e. The van der Waals surface area contributed by atoms with Gasteiger partial charge in [-0.15, -0.1) is 0 Å². The van der Waals surface area contributed by atoms with Crippen LogP contribution in [0.25, 0.3) is 0 Å². The van der Waals surface area contributed by atoms with E-state index < -0.39 is 0 Å². The summed E-state index contributed by atoms with van der Waals surface area (Å²) in [7, 11) is 0. The Morgan fingerprint density at radius 1 is 1.00 bits per heavy atom. The third-order valence-corrected chi connectivity index (χ3v) is 5.16. The Labute approximate surface area is 106 Å². The van der Waals surface area contributed by atoms with Crippen molar-refractivity contribution >= 4 is 0 Å². The van der Waals surface area contributed by atoms with E-state index in [0.717, 1.165) is 23.9 Å². The molecule has 3 rings (SSSR count). The number of fused-ring (bicyclic) bond motifs is 1. The molecule has 3 heteroatoms.